The number of carbonyl (C=O) groups is 1. The van der Waals surface area contributed by atoms with Gasteiger partial charge in [-0.2, -0.15) is 0 Å². The van der Waals surface area contributed by atoms with Crippen LogP contribution in [0.2, 0.25) is 0 Å². The van der Waals surface area contributed by atoms with Crippen LogP contribution in [0.5, 0.6) is 0 Å². The molecular formula is C13H16FNO. The summed E-state index contributed by atoms with van der Waals surface area (Å²) in [6.07, 6.45) is 1.88. The molecule has 86 valence electrons. The molecule has 0 atom stereocenters. The van der Waals surface area contributed by atoms with Crippen molar-refractivity contribution in [1.82, 2.24) is 5.32 Å². The fourth-order valence-electron chi connectivity index (χ4n) is 1.76. The van der Waals surface area contributed by atoms with Gasteiger partial charge < -0.3 is 5.32 Å². The highest BCUT2D eigenvalue weighted by Gasteiger charge is 2.45. The number of benzene rings is 1. The van der Waals surface area contributed by atoms with E-state index in [1.54, 1.807) is 12.1 Å². The molecule has 1 aromatic rings. The fourth-order valence-corrected chi connectivity index (χ4v) is 1.76. The maximum Gasteiger partial charge on any atom is 0.223 e. The number of nitrogens with one attached hydrogen (secondary N) is 1. The molecular weight excluding hydrogens is 205 g/mol. The third kappa shape index (κ3) is 2.08. The van der Waals surface area contributed by atoms with E-state index in [1.807, 2.05) is 13.8 Å². The van der Waals surface area contributed by atoms with E-state index in [0.717, 1.165) is 18.4 Å². The highest BCUT2D eigenvalue weighted by atomic mass is 19.1. The molecule has 0 aliphatic heterocycles. The molecule has 0 aromatic heterocycles. The summed E-state index contributed by atoms with van der Waals surface area (Å²) in [4.78, 5) is 11.7. The SMILES string of the molecule is CC(C)C(=O)NC1(c2ccc(F)cc2)CC1. The quantitative estimate of drug-likeness (QED) is 0.835. The lowest BCUT2D eigenvalue weighted by atomic mass is 10.0. The Kier molecular flexibility index (Phi) is 2.70. The molecule has 16 heavy (non-hydrogen) atoms. The van der Waals surface area contributed by atoms with Crippen molar-refractivity contribution in [3.8, 4) is 0 Å². The number of hydrogen-bond donors (Lipinski definition) is 1. The lowest BCUT2D eigenvalue weighted by molar-refractivity contribution is -0.125. The lowest BCUT2D eigenvalue weighted by Crippen LogP contribution is -2.37. The molecule has 1 N–H and O–H groups in total. The van der Waals surface area contributed by atoms with Crippen LogP contribution in [0.1, 0.15) is 32.3 Å². The van der Waals surface area contributed by atoms with Gasteiger partial charge in [0.2, 0.25) is 5.91 Å². The maximum atomic E-state index is 12.8. The van der Waals surface area contributed by atoms with Crippen LogP contribution in [0.25, 0.3) is 0 Å². The number of carbonyl (C=O) groups excluding carboxylic acids is 1. The second-order valence-electron chi connectivity index (χ2n) is 4.73. The van der Waals surface area contributed by atoms with Gasteiger partial charge in [0.25, 0.3) is 0 Å². The minimum atomic E-state index is -0.241. The first-order valence-electron chi connectivity index (χ1n) is 5.61. The van der Waals surface area contributed by atoms with Gasteiger partial charge in [0, 0.05) is 5.92 Å². The highest BCUT2D eigenvalue weighted by molar-refractivity contribution is 5.79. The minimum Gasteiger partial charge on any atom is -0.346 e. The van der Waals surface area contributed by atoms with Crippen molar-refractivity contribution in [2.45, 2.75) is 32.2 Å². The number of rotatable bonds is 3. The molecule has 1 fully saturated rings. The Labute approximate surface area is 94.9 Å². The van der Waals surface area contributed by atoms with Gasteiger partial charge >= 0.3 is 0 Å². The van der Waals surface area contributed by atoms with Gasteiger partial charge in [-0.05, 0) is 30.5 Å². The van der Waals surface area contributed by atoms with Crippen molar-refractivity contribution in [2.75, 3.05) is 0 Å². The Hall–Kier alpha value is -1.38. The molecule has 3 heteroatoms. The number of halogens is 1. The van der Waals surface area contributed by atoms with Crippen LogP contribution in [0.3, 0.4) is 0 Å². The largest absolute Gasteiger partial charge is 0.346 e. The zero-order chi connectivity index (χ0) is 11.8. The van der Waals surface area contributed by atoms with E-state index in [4.69, 9.17) is 0 Å². The van der Waals surface area contributed by atoms with Gasteiger partial charge in [-0.1, -0.05) is 26.0 Å². The molecule has 1 aromatic carbocycles. The first kappa shape index (κ1) is 11.1. The van der Waals surface area contributed by atoms with Crippen LogP contribution in [-0.2, 0) is 10.3 Å². The Morgan fingerprint density at radius 3 is 2.31 bits per heavy atom. The molecule has 0 radical (unpaired) electrons. The standard InChI is InChI=1S/C13H16FNO/c1-9(2)12(16)15-13(7-8-13)10-3-5-11(14)6-4-10/h3-6,9H,7-8H2,1-2H3,(H,15,16). The maximum absolute atomic E-state index is 12.8. The average Bonchev–Trinajstić information content (AvgIpc) is 2.99. The van der Waals surface area contributed by atoms with Crippen molar-refractivity contribution in [1.29, 1.82) is 0 Å². The van der Waals surface area contributed by atoms with E-state index in [9.17, 15) is 9.18 Å². The lowest BCUT2D eigenvalue weighted by Gasteiger charge is -2.19. The topological polar surface area (TPSA) is 29.1 Å². The molecule has 0 bridgehead atoms. The van der Waals surface area contributed by atoms with Crippen molar-refractivity contribution in [3.63, 3.8) is 0 Å². The molecule has 1 amide bonds. The number of amides is 1. The molecule has 0 spiro atoms. The second kappa shape index (κ2) is 3.89. The van der Waals surface area contributed by atoms with Crippen molar-refractivity contribution in [3.05, 3.63) is 35.6 Å². The van der Waals surface area contributed by atoms with E-state index in [-0.39, 0.29) is 23.2 Å². The van der Waals surface area contributed by atoms with Gasteiger partial charge in [0.05, 0.1) is 5.54 Å². The van der Waals surface area contributed by atoms with Gasteiger partial charge in [-0.3, -0.25) is 4.79 Å². The smallest absolute Gasteiger partial charge is 0.223 e. The van der Waals surface area contributed by atoms with Gasteiger partial charge in [0.15, 0.2) is 0 Å². The van der Waals surface area contributed by atoms with E-state index in [1.165, 1.54) is 12.1 Å². The summed E-state index contributed by atoms with van der Waals surface area (Å²) in [6, 6.07) is 6.39. The summed E-state index contributed by atoms with van der Waals surface area (Å²) in [5, 5.41) is 3.04. The van der Waals surface area contributed by atoms with E-state index in [2.05, 4.69) is 5.32 Å². The van der Waals surface area contributed by atoms with Gasteiger partial charge in [-0.25, -0.2) is 4.39 Å². The van der Waals surface area contributed by atoms with Crippen molar-refractivity contribution >= 4 is 5.91 Å². The van der Waals surface area contributed by atoms with Gasteiger partial charge in [0.1, 0.15) is 5.82 Å². The normalized spacial score (nSPS) is 17.2. The molecule has 1 saturated carbocycles. The van der Waals surface area contributed by atoms with Crippen LogP contribution < -0.4 is 5.32 Å². The molecule has 2 nitrogen and oxygen atoms in total. The molecule has 1 aliphatic carbocycles. The van der Waals surface area contributed by atoms with E-state index < -0.39 is 0 Å². The first-order chi connectivity index (χ1) is 7.53. The predicted octanol–water partition coefficient (Wildman–Crippen LogP) is 2.59. The highest BCUT2D eigenvalue weighted by Crippen LogP contribution is 2.45. The summed E-state index contributed by atoms with van der Waals surface area (Å²) < 4.78 is 12.8. The summed E-state index contributed by atoms with van der Waals surface area (Å²) >= 11 is 0. The van der Waals surface area contributed by atoms with Crippen LogP contribution in [0.4, 0.5) is 4.39 Å². The van der Waals surface area contributed by atoms with E-state index >= 15 is 0 Å². The predicted molar refractivity (Wildman–Crippen MR) is 60.3 cm³/mol. The average molecular weight is 221 g/mol. The monoisotopic (exact) mass is 221 g/mol. The van der Waals surface area contributed by atoms with Gasteiger partial charge in [-0.15, -0.1) is 0 Å². The zero-order valence-electron chi connectivity index (χ0n) is 9.59. The summed E-state index contributed by atoms with van der Waals surface area (Å²) in [5.41, 5.74) is 0.776. The van der Waals surface area contributed by atoms with Crippen LogP contribution in [0, 0.1) is 11.7 Å². The molecule has 1 aliphatic rings. The molecule has 2 rings (SSSR count). The summed E-state index contributed by atoms with van der Waals surface area (Å²) in [5.74, 6) is -0.200. The van der Waals surface area contributed by atoms with Crippen LogP contribution in [-0.4, -0.2) is 5.91 Å². The first-order valence-corrected chi connectivity index (χ1v) is 5.61. The third-order valence-electron chi connectivity index (χ3n) is 3.03. The van der Waals surface area contributed by atoms with Crippen LogP contribution >= 0.6 is 0 Å². The van der Waals surface area contributed by atoms with E-state index in [0.29, 0.717) is 0 Å². The number of hydrogen-bond acceptors (Lipinski definition) is 1. The minimum absolute atomic E-state index is 0.0158. The summed E-state index contributed by atoms with van der Waals surface area (Å²) in [6.45, 7) is 3.74. The Bertz CT molecular complexity index is 393. The van der Waals surface area contributed by atoms with Crippen LogP contribution in [0.15, 0.2) is 24.3 Å². The fraction of sp³-hybridized carbons (Fsp3) is 0.462. The third-order valence-corrected chi connectivity index (χ3v) is 3.03. The van der Waals surface area contributed by atoms with Crippen molar-refractivity contribution < 1.29 is 9.18 Å². The second-order valence-corrected chi connectivity index (χ2v) is 4.73. The van der Waals surface area contributed by atoms with Crippen molar-refractivity contribution in [2.24, 2.45) is 5.92 Å². The Morgan fingerprint density at radius 2 is 1.88 bits per heavy atom. The molecule has 0 saturated heterocycles. The Balaban J connectivity index is 2.14. The Morgan fingerprint density at radius 1 is 1.31 bits per heavy atom. The molecule has 0 heterocycles. The zero-order valence-corrected chi connectivity index (χ0v) is 9.59. The summed E-state index contributed by atoms with van der Waals surface area (Å²) in [7, 11) is 0. The molecule has 0 unspecified atom stereocenters.